The summed E-state index contributed by atoms with van der Waals surface area (Å²) in [4.78, 5) is 63.6. The number of nitrogens with zero attached hydrogens (tertiary/aromatic N) is 11. The van der Waals surface area contributed by atoms with Gasteiger partial charge in [-0.25, -0.2) is 52.2 Å². The third-order valence-corrected chi connectivity index (χ3v) is 9.00. The van der Waals surface area contributed by atoms with E-state index in [0.29, 0.717) is 28.7 Å². The lowest BCUT2D eigenvalue weighted by Crippen LogP contribution is -2.22. The van der Waals surface area contributed by atoms with Crippen LogP contribution in [0.5, 0.6) is 0 Å². The molecule has 6 aromatic heterocycles. The highest BCUT2D eigenvalue weighted by Gasteiger charge is 2.15. The van der Waals surface area contributed by atoms with Gasteiger partial charge in [0.2, 0.25) is 11.8 Å². The third kappa shape index (κ3) is 10.2. The number of aromatic nitrogens is 12. The molecular formula is C36H33BrF4N12O6. The van der Waals surface area contributed by atoms with Crippen molar-refractivity contribution in [2.24, 2.45) is 14.1 Å². The monoisotopic (exact) mass is 884 g/mol. The lowest BCUT2D eigenvalue weighted by molar-refractivity contribution is 0.151. The number of rotatable bonds is 11. The first-order valence-electron chi connectivity index (χ1n) is 17.4. The molecule has 308 valence electrons. The molecule has 0 spiro atoms. The van der Waals surface area contributed by atoms with Crippen molar-refractivity contribution in [2.45, 2.75) is 45.3 Å². The standard InChI is InChI=1S/C18H16F2N6O3.C9H9BrF2.C9H8N6O3/c1-24-9-21-16-14(24)17(27)25(10-22-16)8-13-23-26(18(28)29-13)7-6-11-2-4-12(5-3-11)15(19)20;10-6-5-7-1-3-8(4-2-7)9(11)12;1-14-3-10-7-6(14)8(16)15(4-11-7)2-5-12-13-9(17)18-5/h2-5,9-10,15H,6-8H2,1H3;1-4,9H,5-6H2;3-4H,2H2,1H3,(H,13,17). The predicted octanol–water partition coefficient (Wildman–Crippen LogP) is 3.92. The van der Waals surface area contributed by atoms with Crippen LogP contribution in [0.2, 0.25) is 0 Å². The first kappa shape index (κ1) is 41.8. The molecule has 59 heavy (non-hydrogen) atoms. The molecule has 0 aliphatic carbocycles. The van der Waals surface area contributed by atoms with Crippen molar-refractivity contribution in [2.75, 3.05) is 5.33 Å². The van der Waals surface area contributed by atoms with Crippen LogP contribution in [-0.4, -0.2) is 63.5 Å². The van der Waals surface area contributed by atoms with Gasteiger partial charge in [-0.05, 0) is 24.0 Å². The zero-order valence-corrected chi connectivity index (χ0v) is 32.7. The number of aryl methyl sites for hydroxylation is 5. The molecule has 0 amide bonds. The van der Waals surface area contributed by atoms with E-state index in [0.717, 1.165) is 27.6 Å². The van der Waals surface area contributed by atoms with Crippen molar-refractivity contribution in [1.29, 1.82) is 0 Å². The maximum atomic E-state index is 12.6. The first-order chi connectivity index (χ1) is 28.3. The highest BCUT2D eigenvalue weighted by atomic mass is 79.9. The number of H-pyrrole nitrogens is 1. The van der Waals surface area contributed by atoms with Gasteiger partial charge in [-0.3, -0.25) is 18.7 Å². The van der Waals surface area contributed by atoms with Gasteiger partial charge in [-0.1, -0.05) is 64.5 Å². The number of aromatic amines is 1. The van der Waals surface area contributed by atoms with Crippen molar-refractivity contribution in [3.8, 4) is 0 Å². The molecule has 0 saturated carbocycles. The summed E-state index contributed by atoms with van der Waals surface area (Å²) < 4.78 is 66.1. The average Bonchev–Trinajstić information content (AvgIpc) is 4.00. The van der Waals surface area contributed by atoms with Crippen LogP contribution in [0.25, 0.3) is 22.3 Å². The van der Waals surface area contributed by atoms with Crippen LogP contribution in [0.3, 0.4) is 0 Å². The zero-order chi connectivity index (χ0) is 42.2. The number of fused-ring (bicyclic) bond motifs is 2. The molecule has 0 saturated heterocycles. The third-order valence-electron chi connectivity index (χ3n) is 8.60. The van der Waals surface area contributed by atoms with E-state index in [9.17, 15) is 36.7 Å². The largest absolute Gasteiger partial charge is 0.437 e. The van der Waals surface area contributed by atoms with Gasteiger partial charge in [0.05, 0.1) is 19.2 Å². The second-order valence-electron chi connectivity index (χ2n) is 12.7. The molecular weight excluding hydrogens is 852 g/mol. The Kier molecular flexibility index (Phi) is 13.2. The highest BCUT2D eigenvalue weighted by molar-refractivity contribution is 9.09. The molecule has 18 nitrogen and oxygen atoms in total. The molecule has 8 aromatic rings. The SMILES string of the molecule is Cn1cnc2ncn(Cc3n[nH]c(=O)o3)c(=O)c21.Cn1cnc2ncn(Cc3nn(CCc4ccc(C(F)F)cc4)c(=O)o3)c(=O)c21.FC(F)c1ccc(CCBr)cc1. The molecule has 0 unspecified atom stereocenters. The number of hydrogen-bond donors (Lipinski definition) is 1. The van der Waals surface area contributed by atoms with Gasteiger partial charge in [0.25, 0.3) is 24.0 Å². The van der Waals surface area contributed by atoms with Crippen LogP contribution >= 0.6 is 15.9 Å². The summed E-state index contributed by atoms with van der Waals surface area (Å²) in [6, 6.07) is 12.3. The molecule has 8 rings (SSSR count). The Bertz CT molecular complexity index is 2890. The molecule has 0 bridgehead atoms. The van der Waals surface area contributed by atoms with E-state index in [2.05, 4.69) is 51.2 Å². The van der Waals surface area contributed by atoms with E-state index in [1.165, 1.54) is 58.7 Å². The topological polar surface area (TPSA) is 212 Å². The molecule has 0 aliphatic rings. The van der Waals surface area contributed by atoms with Crippen LogP contribution in [-0.2, 0) is 46.6 Å². The highest BCUT2D eigenvalue weighted by Crippen LogP contribution is 2.20. The van der Waals surface area contributed by atoms with E-state index in [1.807, 2.05) is 0 Å². The van der Waals surface area contributed by atoms with E-state index in [1.54, 1.807) is 47.5 Å². The number of imidazole rings is 2. The van der Waals surface area contributed by atoms with Gasteiger partial charge >= 0.3 is 11.5 Å². The maximum Gasteiger partial charge on any atom is 0.437 e. The fraction of sp³-hybridized carbons (Fsp3) is 0.278. The van der Waals surface area contributed by atoms with Gasteiger partial charge < -0.3 is 18.0 Å². The Hall–Kier alpha value is -6.78. The van der Waals surface area contributed by atoms with Gasteiger partial charge in [0, 0.05) is 30.6 Å². The fourth-order valence-electron chi connectivity index (χ4n) is 5.55. The lowest BCUT2D eigenvalue weighted by atomic mass is 10.1. The summed E-state index contributed by atoms with van der Waals surface area (Å²) in [5, 5.41) is 10.7. The Morgan fingerprint density at radius 3 is 1.59 bits per heavy atom. The quantitative estimate of drug-likeness (QED) is 0.145. The molecule has 0 aliphatic heterocycles. The van der Waals surface area contributed by atoms with E-state index in [4.69, 9.17) is 8.83 Å². The Balaban J connectivity index is 0.000000165. The average molecular weight is 886 g/mol. The number of alkyl halides is 5. The van der Waals surface area contributed by atoms with Crippen LogP contribution in [0.15, 0.2) is 102 Å². The van der Waals surface area contributed by atoms with E-state index < -0.39 is 24.4 Å². The second kappa shape index (κ2) is 18.7. The molecule has 23 heteroatoms. The summed E-state index contributed by atoms with van der Waals surface area (Å²) in [6.45, 7) is 0.189. The van der Waals surface area contributed by atoms with Crippen LogP contribution in [0.1, 0.15) is 46.9 Å². The number of hydrogen-bond acceptors (Lipinski definition) is 12. The molecule has 0 fully saturated rings. The van der Waals surface area contributed by atoms with Crippen molar-refractivity contribution in [3.63, 3.8) is 0 Å². The Morgan fingerprint density at radius 2 is 1.14 bits per heavy atom. The van der Waals surface area contributed by atoms with E-state index in [-0.39, 0.29) is 53.7 Å². The molecule has 2 aromatic carbocycles. The van der Waals surface area contributed by atoms with Crippen molar-refractivity contribution in [1.82, 2.24) is 58.2 Å². The van der Waals surface area contributed by atoms with Crippen molar-refractivity contribution < 1.29 is 26.4 Å². The molecule has 0 radical (unpaired) electrons. The first-order valence-corrected chi connectivity index (χ1v) is 18.6. The minimum Gasteiger partial charge on any atom is -0.390 e. The van der Waals surface area contributed by atoms with Gasteiger partial charge in [0.1, 0.15) is 25.7 Å². The van der Waals surface area contributed by atoms with Crippen LogP contribution < -0.4 is 22.6 Å². The van der Waals surface area contributed by atoms with Gasteiger partial charge in [0.15, 0.2) is 22.3 Å². The Morgan fingerprint density at radius 1 is 0.661 bits per heavy atom. The summed E-state index contributed by atoms with van der Waals surface area (Å²) >= 11 is 3.29. The minimum atomic E-state index is -2.52. The summed E-state index contributed by atoms with van der Waals surface area (Å²) in [5.74, 6) is -1.14. The maximum absolute atomic E-state index is 12.6. The molecule has 1 N–H and O–H groups in total. The number of nitrogens with one attached hydrogen (secondary N) is 1. The normalized spacial score (nSPS) is 11.3. The number of halogens is 5. The van der Waals surface area contributed by atoms with Crippen molar-refractivity contribution in [3.05, 3.63) is 150 Å². The fourth-order valence-corrected chi connectivity index (χ4v) is 6.00. The Labute approximate surface area is 336 Å². The lowest BCUT2D eigenvalue weighted by Gasteiger charge is -2.03. The summed E-state index contributed by atoms with van der Waals surface area (Å²) in [7, 11) is 3.39. The number of benzene rings is 2. The van der Waals surface area contributed by atoms with Gasteiger partial charge in [-0.15, -0.1) is 10.2 Å². The van der Waals surface area contributed by atoms with Gasteiger partial charge in [-0.2, -0.15) is 4.68 Å². The van der Waals surface area contributed by atoms with E-state index >= 15 is 0 Å². The second-order valence-corrected chi connectivity index (χ2v) is 13.5. The van der Waals surface area contributed by atoms with Crippen LogP contribution in [0.4, 0.5) is 17.6 Å². The summed E-state index contributed by atoms with van der Waals surface area (Å²) in [5.41, 5.74) is 2.73. The predicted molar refractivity (Wildman–Crippen MR) is 206 cm³/mol. The molecule has 0 atom stereocenters. The van der Waals surface area contributed by atoms with Crippen LogP contribution in [0, 0.1) is 0 Å². The van der Waals surface area contributed by atoms with Crippen molar-refractivity contribution >= 4 is 38.3 Å². The smallest absolute Gasteiger partial charge is 0.390 e. The molecule has 6 heterocycles. The zero-order valence-electron chi connectivity index (χ0n) is 31.1. The summed E-state index contributed by atoms with van der Waals surface area (Å²) in [6.07, 6.45) is 2.08. The minimum absolute atomic E-state index is 0.0334.